The van der Waals surface area contributed by atoms with Crippen LogP contribution in [0.25, 0.3) is 0 Å². The average molecular weight is 389 g/mol. The number of quaternary nitrogens is 1. The first-order valence-corrected chi connectivity index (χ1v) is 9.92. The number of carbonyl (C=O) groups is 3. The number of rotatable bonds is 0. The van der Waals surface area contributed by atoms with Gasteiger partial charge in [-0.05, 0) is 39.0 Å². The van der Waals surface area contributed by atoms with Gasteiger partial charge in [0.15, 0.2) is 0 Å². The van der Waals surface area contributed by atoms with E-state index in [1.807, 2.05) is 20.8 Å². The number of hydrogen-bond donors (Lipinski definition) is 2. The maximum atomic E-state index is 13.6. The van der Waals surface area contributed by atoms with Crippen LogP contribution < -0.4 is 10.2 Å². The number of halogens is 1. The number of hydrogen-bond acceptors (Lipinski definition) is 3. The third kappa shape index (κ3) is 1.88. The Kier molecular flexibility index (Phi) is 3.26. The highest BCUT2D eigenvalue weighted by Gasteiger charge is 2.78. The van der Waals surface area contributed by atoms with Crippen LogP contribution in [-0.2, 0) is 19.9 Å². The maximum absolute atomic E-state index is 13.6. The summed E-state index contributed by atoms with van der Waals surface area (Å²) >= 11 is 6.27. The second kappa shape index (κ2) is 5.11. The van der Waals surface area contributed by atoms with Crippen molar-refractivity contribution in [3.63, 3.8) is 0 Å². The van der Waals surface area contributed by atoms with E-state index in [4.69, 9.17) is 11.6 Å². The standard InChI is InChI=1S/C20H22ClN3O3/c1-19(2,3)24-16(25)14-13-5-4-8-23(13)20(15(14)17(24)26)11-9-10(21)6-7-12(11)22-18(20)27/h6-7,9,13-15H,4-5,8H2,1-3H3,(H,22,27)/p+1/t13-,14-,15+,20-/m1/s1. The molecule has 6 nitrogen and oxygen atoms in total. The molecular formula is C20H23ClN3O3+. The fourth-order valence-electron chi connectivity index (χ4n) is 6.09. The van der Waals surface area contributed by atoms with Gasteiger partial charge in [-0.2, -0.15) is 0 Å². The lowest BCUT2D eigenvalue weighted by molar-refractivity contribution is -0.948. The molecule has 0 aliphatic carbocycles. The minimum atomic E-state index is -1.06. The summed E-state index contributed by atoms with van der Waals surface area (Å²) in [5, 5.41) is 3.51. The molecule has 0 saturated carbocycles. The molecule has 1 spiro atoms. The van der Waals surface area contributed by atoms with E-state index in [1.54, 1.807) is 18.2 Å². The zero-order valence-electron chi connectivity index (χ0n) is 15.6. The first kappa shape index (κ1) is 17.2. The van der Waals surface area contributed by atoms with Crippen molar-refractivity contribution >= 4 is 35.0 Å². The molecule has 3 amide bonds. The summed E-state index contributed by atoms with van der Waals surface area (Å²) in [6.45, 7) is 6.40. The predicted octanol–water partition coefficient (Wildman–Crippen LogP) is 0.948. The van der Waals surface area contributed by atoms with Crippen molar-refractivity contribution in [1.29, 1.82) is 0 Å². The van der Waals surface area contributed by atoms with Crippen LogP contribution in [0.15, 0.2) is 18.2 Å². The van der Waals surface area contributed by atoms with E-state index in [0.29, 0.717) is 10.7 Å². The molecule has 0 radical (unpaired) electrons. The highest BCUT2D eigenvalue weighted by atomic mass is 35.5. The van der Waals surface area contributed by atoms with Crippen LogP contribution in [0.1, 0.15) is 39.2 Å². The van der Waals surface area contributed by atoms with Gasteiger partial charge in [-0.15, -0.1) is 0 Å². The summed E-state index contributed by atoms with van der Waals surface area (Å²) in [6.07, 6.45) is 1.81. The molecule has 27 heavy (non-hydrogen) atoms. The van der Waals surface area contributed by atoms with Crippen molar-refractivity contribution in [2.24, 2.45) is 11.8 Å². The van der Waals surface area contributed by atoms with Gasteiger partial charge in [-0.3, -0.25) is 19.3 Å². The van der Waals surface area contributed by atoms with Crippen LogP contribution in [0.3, 0.4) is 0 Å². The van der Waals surface area contributed by atoms with Gasteiger partial charge in [0.05, 0.1) is 12.2 Å². The summed E-state index contributed by atoms with van der Waals surface area (Å²) in [6, 6.07) is 5.34. The largest absolute Gasteiger partial charge is 0.320 e. The van der Waals surface area contributed by atoms with Gasteiger partial charge < -0.3 is 10.2 Å². The normalized spacial score (nSPS) is 37.0. The fourth-order valence-corrected chi connectivity index (χ4v) is 6.27. The summed E-state index contributed by atoms with van der Waals surface area (Å²) < 4.78 is 0. The lowest BCUT2D eigenvalue weighted by atomic mass is 9.75. The molecule has 0 bridgehead atoms. The smallest absolute Gasteiger partial charge is 0.291 e. The van der Waals surface area contributed by atoms with Gasteiger partial charge in [0.2, 0.25) is 17.4 Å². The molecule has 7 heteroatoms. The van der Waals surface area contributed by atoms with Crippen LogP contribution >= 0.6 is 11.6 Å². The minimum Gasteiger partial charge on any atom is -0.320 e. The Morgan fingerprint density at radius 1 is 1.22 bits per heavy atom. The summed E-state index contributed by atoms with van der Waals surface area (Å²) in [5.74, 6) is -1.62. The van der Waals surface area contributed by atoms with Gasteiger partial charge in [-0.1, -0.05) is 11.6 Å². The van der Waals surface area contributed by atoms with Gasteiger partial charge in [0.1, 0.15) is 17.9 Å². The molecule has 2 N–H and O–H groups in total. The van der Waals surface area contributed by atoms with Gasteiger partial charge >= 0.3 is 0 Å². The number of fused-ring (bicyclic) bond motifs is 7. The maximum Gasteiger partial charge on any atom is 0.291 e. The average Bonchev–Trinajstić information content (AvgIpc) is 3.25. The number of amides is 3. The third-order valence-electron chi connectivity index (χ3n) is 6.85. The predicted molar refractivity (Wildman–Crippen MR) is 99.2 cm³/mol. The second-order valence-electron chi connectivity index (χ2n) is 9.16. The van der Waals surface area contributed by atoms with Gasteiger partial charge in [0.25, 0.3) is 5.91 Å². The second-order valence-corrected chi connectivity index (χ2v) is 9.60. The van der Waals surface area contributed by atoms with E-state index < -0.39 is 22.9 Å². The molecule has 1 unspecified atom stereocenters. The number of anilines is 1. The number of nitrogens with one attached hydrogen (secondary N) is 2. The number of carbonyl (C=O) groups excluding carboxylic acids is 3. The van der Waals surface area contributed by atoms with Crippen molar-refractivity contribution in [3.8, 4) is 0 Å². The van der Waals surface area contributed by atoms with Crippen molar-refractivity contribution in [3.05, 3.63) is 28.8 Å². The molecule has 4 aliphatic rings. The Morgan fingerprint density at radius 3 is 2.67 bits per heavy atom. The lowest BCUT2D eigenvalue weighted by Crippen LogP contribution is -3.19. The van der Waals surface area contributed by atoms with E-state index in [2.05, 4.69) is 5.32 Å². The van der Waals surface area contributed by atoms with Crippen LogP contribution in [0.4, 0.5) is 5.69 Å². The number of likely N-dealkylation sites (tertiary alicyclic amines) is 1. The van der Waals surface area contributed by atoms with Gasteiger partial charge in [-0.25, -0.2) is 0 Å². The summed E-state index contributed by atoms with van der Waals surface area (Å²) in [4.78, 5) is 42.8. The van der Waals surface area contributed by atoms with Crippen LogP contribution in [-0.4, -0.2) is 40.7 Å². The Bertz CT molecular complexity index is 908. The van der Waals surface area contributed by atoms with Crippen molar-refractivity contribution < 1.29 is 19.3 Å². The Balaban J connectivity index is 1.77. The van der Waals surface area contributed by atoms with Gasteiger partial charge in [0, 0.05) is 29.0 Å². The van der Waals surface area contributed by atoms with Crippen molar-refractivity contribution in [1.82, 2.24) is 4.90 Å². The molecule has 3 saturated heterocycles. The Morgan fingerprint density at radius 2 is 1.96 bits per heavy atom. The molecule has 4 heterocycles. The molecular weight excluding hydrogens is 366 g/mol. The first-order chi connectivity index (χ1) is 12.7. The highest BCUT2D eigenvalue weighted by Crippen LogP contribution is 2.52. The molecule has 5 atom stereocenters. The number of imide groups is 1. The molecule has 4 aliphatic heterocycles. The van der Waals surface area contributed by atoms with Crippen molar-refractivity contribution in [2.45, 2.75) is 50.7 Å². The Labute approximate surface area is 162 Å². The van der Waals surface area contributed by atoms with Crippen molar-refractivity contribution in [2.75, 3.05) is 11.9 Å². The minimum absolute atomic E-state index is 0.00511. The Hall–Kier alpha value is -1.92. The quantitative estimate of drug-likeness (QED) is 0.650. The number of benzene rings is 1. The molecule has 5 rings (SSSR count). The zero-order valence-corrected chi connectivity index (χ0v) is 16.4. The SMILES string of the molecule is CC(C)(C)N1C(=O)[C@@H]2[C@H]3CCC[NH+]3[C@@]3(C(=O)Nc4ccc(Cl)cc43)[C@@H]2C1=O. The lowest BCUT2D eigenvalue weighted by Gasteiger charge is -2.36. The third-order valence-corrected chi connectivity index (χ3v) is 7.09. The molecule has 3 fully saturated rings. The monoisotopic (exact) mass is 388 g/mol. The molecule has 142 valence electrons. The number of nitrogens with zero attached hydrogens (tertiary/aromatic N) is 1. The van der Waals surface area contributed by atoms with Crippen LogP contribution in [0.2, 0.25) is 5.02 Å². The first-order valence-electron chi connectivity index (χ1n) is 9.54. The fraction of sp³-hybridized carbons (Fsp3) is 0.550. The van der Waals surface area contributed by atoms with E-state index >= 15 is 0 Å². The van der Waals surface area contributed by atoms with E-state index in [1.165, 1.54) is 4.90 Å². The van der Waals surface area contributed by atoms with E-state index in [9.17, 15) is 14.4 Å². The van der Waals surface area contributed by atoms with Crippen LogP contribution in [0.5, 0.6) is 0 Å². The molecule has 1 aromatic carbocycles. The van der Waals surface area contributed by atoms with Crippen LogP contribution in [0, 0.1) is 11.8 Å². The molecule has 1 aromatic rings. The summed E-state index contributed by atoms with van der Waals surface area (Å²) in [7, 11) is 0. The van der Waals surface area contributed by atoms with E-state index in [0.717, 1.165) is 29.8 Å². The highest BCUT2D eigenvalue weighted by molar-refractivity contribution is 6.31. The summed E-state index contributed by atoms with van der Waals surface area (Å²) in [5.41, 5.74) is -0.187. The zero-order chi connectivity index (χ0) is 19.3. The topological polar surface area (TPSA) is 70.9 Å². The molecule has 0 aromatic heterocycles. The van der Waals surface area contributed by atoms with E-state index in [-0.39, 0.29) is 23.8 Å².